The fourth-order valence-corrected chi connectivity index (χ4v) is 3.01. The summed E-state index contributed by atoms with van der Waals surface area (Å²) in [6, 6.07) is 5.14. The van der Waals surface area contributed by atoms with Gasteiger partial charge < -0.3 is 10.0 Å². The summed E-state index contributed by atoms with van der Waals surface area (Å²) >= 11 is 0. The lowest BCUT2D eigenvalue weighted by molar-refractivity contribution is 0.0695. The summed E-state index contributed by atoms with van der Waals surface area (Å²) in [6.07, 6.45) is 6.46. The number of urea groups is 1. The smallest absolute Gasteiger partial charge is 0.336 e. The second-order valence-electron chi connectivity index (χ2n) is 5.35. The normalized spacial score (nSPS) is 17.5. The monoisotopic (exact) mass is 286 g/mol. The van der Waals surface area contributed by atoms with Crippen LogP contribution < -0.4 is 4.90 Å². The molecule has 3 rings (SSSR count). The van der Waals surface area contributed by atoms with Crippen LogP contribution in [0.5, 0.6) is 0 Å². The van der Waals surface area contributed by atoms with E-state index >= 15 is 0 Å². The highest BCUT2D eigenvalue weighted by Crippen LogP contribution is 2.31. The Kier molecular flexibility index (Phi) is 3.64. The van der Waals surface area contributed by atoms with Gasteiger partial charge in [0.25, 0.3) is 0 Å². The molecule has 2 amide bonds. The second-order valence-corrected chi connectivity index (χ2v) is 5.35. The van der Waals surface area contributed by atoms with Crippen molar-refractivity contribution >= 4 is 17.7 Å². The lowest BCUT2D eigenvalue weighted by Crippen LogP contribution is -2.46. The SMILES string of the molecule is O=C(O)c1cccc2c1CCCN2C(=O)N1CC=CCC1. The fourth-order valence-electron chi connectivity index (χ4n) is 3.01. The van der Waals surface area contributed by atoms with Crippen LogP contribution in [0.1, 0.15) is 28.8 Å². The van der Waals surface area contributed by atoms with E-state index in [1.54, 1.807) is 17.0 Å². The molecular formula is C16H18N2O3. The predicted octanol–water partition coefficient (Wildman–Crippen LogP) is 2.52. The topological polar surface area (TPSA) is 60.9 Å². The molecule has 2 aliphatic heterocycles. The average molecular weight is 286 g/mol. The zero-order chi connectivity index (χ0) is 14.8. The molecule has 5 nitrogen and oxygen atoms in total. The number of carboxylic acids is 1. The molecule has 0 bridgehead atoms. The number of fused-ring (bicyclic) bond motifs is 1. The molecule has 1 N–H and O–H groups in total. The molecule has 0 saturated carbocycles. The van der Waals surface area contributed by atoms with E-state index in [-0.39, 0.29) is 6.03 Å². The Bertz CT molecular complexity index is 610. The van der Waals surface area contributed by atoms with E-state index in [0.29, 0.717) is 25.1 Å². The van der Waals surface area contributed by atoms with Crippen LogP contribution in [0.3, 0.4) is 0 Å². The molecule has 2 aliphatic rings. The molecule has 0 fully saturated rings. The summed E-state index contributed by atoms with van der Waals surface area (Å²) in [5, 5.41) is 9.29. The molecule has 0 aliphatic carbocycles. The number of amides is 2. The Morgan fingerprint density at radius 1 is 1.14 bits per heavy atom. The van der Waals surface area contributed by atoms with Gasteiger partial charge in [0.2, 0.25) is 0 Å². The third-order valence-corrected chi connectivity index (χ3v) is 4.04. The largest absolute Gasteiger partial charge is 0.478 e. The van der Waals surface area contributed by atoms with Crippen molar-refractivity contribution in [3.63, 3.8) is 0 Å². The summed E-state index contributed by atoms with van der Waals surface area (Å²) in [7, 11) is 0. The van der Waals surface area contributed by atoms with Gasteiger partial charge in [0.15, 0.2) is 0 Å². The summed E-state index contributed by atoms with van der Waals surface area (Å²) < 4.78 is 0. The standard InChI is InChI=1S/C16H18N2O3/c19-15(20)13-6-4-8-14-12(13)7-5-11-18(14)16(21)17-9-2-1-3-10-17/h1-2,4,6,8H,3,5,7,9-11H2,(H,19,20). The molecule has 110 valence electrons. The number of anilines is 1. The number of hydrogen-bond donors (Lipinski definition) is 1. The summed E-state index contributed by atoms with van der Waals surface area (Å²) in [5.74, 6) is -0.929. The molecule has 1 aromatic rings. The van der Waals surface area contributed by atoms with Crippen molar-refractivity contribution in [3.8, 4) is 0 Å². The van der Waals surface area contributed by atoms with Gasteiger partial charge in [-0.15, -0.1) is 0 Å². The van der Waals surface area contributed by atoms with Crippen molar-refractivity contribution in [2.75, 3.05) is 24.5 Å². The number of nitrogens with zero attached hydrogens (tertiary/aromatic N) is 2. The first-order chi connectivity index (χ1) is 10.2. The van der Waals surface area contributed by atoms with E-state index in [1.165, 1.54) is 0 Å². The number of hydrogen-bond acceptors (Lipinski definition) is 2. The molecule has 5 heteroatoms. The summed E-state index contributed by atoms with van der Waals surface area (Å²) in [6.45, 7) is 2.00. The Hall–Kier alpha value is -2.30. The maximum absolute atomic E-state index is 12.7. The Balaban J connectivity index is 1.93. The van der Waals surface area contributed by atoms with Crippen LogP contribution in [-0.4, -0.2) is 41.6 Å². The van der Waals surface area contributed by atoms with Gasteiger partial charge in [0.1, 0.15) is 0 Å². The van der Waals surface area contributed by atoms with Gasteiger partial charge in [-0.05, 0) is 37.0 Å². The molecule has 0 radical (unpaired) electrons. The number of rotatable bonds is 1. The molecule has 21 heavy (non-hydrogen) atoms. The van der Waals surface area contributed by atoms with Crippen LogP contribution in [0.25, 0.3) is 0 Å². The first-order valence-corrected chi connectivity index (χ1v) is 7.25. The Labute approximate surface area is 123 Å². The average Bonchev–Trinajstić information content (AvgIpc) is 2.53. The Morgan fingerprint density at radius 2 is 2.00 bits per heavy atom. The highest BCUT2D eigenvalue weighted by atomic mass is 16.4. The first kappa shape index (κ1) is 13.7. The highest BCUT2D eigenvalue weighted by Gasteiger charge is 2.28. The maximum Gasteiger partial charge on any atom is 0.336 e. The van der Waals surface area contributed by atoms with Crippen LogP contribution >= 0.6 is 0 Å². The number of carboxylic acid groups (broad SMARTS) is 1. The molecule has 2 heterocycles. The summed E-state index contributed by atoms with van der Waals surface area (Å²) in [4.78, 5) is 27.5. The number of carbonyl (C=O) groups excluding carboxylic acids is 1. The van der Waals surface area contributed by atoms with Crippen LogP contribution in [0, 0.1) is 0 Å². The molecule has 1 aromatic carbocycles. The van der Waals surface area contributed by atoms with Crippen LogP contribution in [0.2, 0.25) is 0 Å². The van der Waals surface area contributed by atoms with Crippen molar-refractivity contribution in [2.45, 2.75) is 19.3 Å². The number of benzene rings is 1. The zero-order valence-corrected chi connectivity index (χ0v) is 11.8. The van der Waals surface area contributed by atoms with Crippen molar-refractivity contribution in [3.05, 3.63) is 41.5 Å². The van der Waals surface area contributed by atoms with Crippen LogP contribution in [0.15, 0.2) is 30.4 Å². The van der Waals surface area contributed by atoms with Crippen LogP contribution in [-0.2, 0) is 6.42 Å². The third kappa shape index (κ3) is 2.51. The van der Waals surface area contributed by atoms with E-state index in [9.17, 15) is 14.7 Å². The fraction of sp³-hybridized carbons (Fsp3) is 0.375. The van der Waals surface area contributed by atoms with Crippen molar-refractivity contribution < 1.29 is 14.7 Å². The molecular weight excluding hydrogens is 268 g/mol. The van der Waals surface area contributed by atoms with E-state index in [2.05, 4.69) is 6.08 Å². The molecule has 0 atom stereocenters. The third-order valence-electron chi connectivity index (χ3n) is 4.04. The van der Waals surface area contributed by atoms with Gasteiger partial charge in [-0.25, -0.2) is 9.59 Å². The van der Waals surface area contributed by atoms with Crippen LogP contribution in [0.4, 0.5) is 10.5 Å². The van der Waals surface area contributed by atoms with E-state index in [4.69, 9.17) is 0 Å². The first-order valence-electron chi connectivity index (χ1n) is 7.25. The van der Waals surface area contributed by atoms with E-state index < -0.39 is 5.97 Å². The second kappa shape index (κ2) is 5.60. The van der Waals surface area contributed by atoms with Gasteiger partial charge in [0.05, 0.1) is 5.56 Å². The lowest BCUT2D eigenvalue weighted by Gasteiger charge is -2.35. The van der Waals surface area contributed by atoms with Gasteiger partial charge >= 0.3 is 12.0 Å². The number of aromatic carboxylic acids is 1. The molecule has 0 saturated heterocycles. The quantitative estimate of drug-likeness (QED) is 0.807. The molecule has 0 unspecified atom stereocenters. The Morgan fingerprint density at radius 3 is 2.71 bits per heavy atom. The minimum Gasteiger partial charge on any atom is -0.478 e. The predicted molar refractivity (Wildman–Crippen MR) is 79.8 cm³/mol. The van der Waals surface area contributed by atoms with Gasteiger partial charge in [-0.1, -0.05) is 18.2 Å². The van der Waals surface area contributed by atoms with Crippen molar-refractivity contribution in [2.24, 2.45) is 0 Å². The molecule has 0 aromatic heterocycles. The number of carbonyl (C=O) groups is 2. The molecule has 0 spiro atoms. The summed E-state index contributed by atoms with van der Waals surface area (Å²) in [5.41, 5.74) is 1.83. The van der Waals surface area contributed by atoms with E-state index in [0.717, 1.165) is 30.6 Å². The zero-order valence-electron chi connectivity index (χ0n) is 11.8. The van der Waals surface area contributed by atoms with E-state index in [1.807, 2.05) is 17.0 Å². The van der Waals surface area contributed by atoms with Gasteiger partial charge in [-0.2, -0.15) is 0 Å². The lowest BCUT2D eigenvalue weighted by atomic mass is 9.96. The maximum atomic E-state index is 12.7. The minimum absolute atomic E-state index is 0.0251. The van der Waals surface area contributed by atoms with Gasteiger partial charge in [-0.3, -0.25) is 4.90 Å². The minimum atomic E-state index is -0.929. The van der Waals surface area contributed by atoms with Crippen molar-refractivity contribution in [1.82, 2.24) is 4.90 Å². The highest BCUT2D eigenvalue weighted by molar-refractivity contribution is 5.97. The van der Waals surface area contributed by atoms with Crippen molar-refractivity contribution in [1.29, 1.82) is 0 Å². The van der Waals surface area contributed by atoms with Gasteiger partial charge in [0, 0.05) is 25.3 Å².